The first-order valence-electron chi connectivity index (χ1n) is 8.56. The predicted octanol–water partition coefficient (Wildman–Crippen LogP) is 3.81. The Kier molecular flexibility index (Phi) is 4.30. The molecular weight excluding hydrogens is 344 g/mol. The van der Waals surface area contributed by atoms with Crippen LogP contribution >= 0.6 is 11.3 Å². The third kappa shape index (κ3) is 3.13. The van der Waals surface area contributed by atoms with E-state index in [1.54, 1.807) is 21.8 Å². The Balaban J connectivity index is 1.60. The zero-order chi connectivity index (χ0) is 18.3. The molecule has 0 aliphatic rings. The Hall–Kier alpha value is -2.57. The molecule has 0 radical (unpaired) electrons. The summed E-state index contributed by atoms with van der Waals surface area (Å²) in [5.74, 6) is 0. The second-order valence-electron chi connectivity index (χ2n) is 6.63. The lowest BCUT2D eigenvalue weighted by Gasteiger charge is -2.22. The van der Waals surface area contributed by atoms with E-state index in [-0.39, 0.29) is 11.6 Å². The summed E-state index contributed by atoms with van der Waals surface area (Å²) in [7, 11) is 2.04. The van der Waals surface area contributed by atoms with Gasteiger partial charge in [-0.1, -0.05) is 18.2 Å². The van der Waals surface area contributed by atoms with E-state index in [0.29, 0.717) is 12.2 Å². The van der Waals surface area contributed by atoms with Gasteiger partial charge in [-0.05, 0) is 44.7 Å². The summed E-state index contributed by atoms with van der Waals surface area (Å²) in [5.41, 5.74) is 3.48. The summed E-state index contributed by atoms with van der Waals surface area (Å²) >= 11 is 1.71. The van der Waals surface area contributed by atoms with Gasteiger partial charge in [0.1, 0.15) is 10.7 Å². The molecule has 4 aromatic rings. The highest BCUT2D eigenvalue weighted by molar-refractivity contribution is 7.18. The standard InChI is InChI=1S/C20H20N4OS/c1-13-8-9-18-21-15(10-19(25)24(18)11-13)12-23(3)14(2)20-22-16-6-4-5-7-17(16)26-20/h4-11,14H,12H2,1-3H3/t14-/m1/s1. The highest BCUT2D eigenvalue weighted by Gasteiger charge is 2.17. The SMILES string of the molecule is Cc1ccc2nc(CN(C)[C@H](C)c3nc4ccccc4s3)cc(=O)n2c1. The number of aryl methyl sites for hydroxylation is 1. The molecule has 0 saturated heterocycles. The van der Waals surface area contributed by atoms with Crippen LogP contribution in [0.3, 0.4) is 0 Å². The Bertz CT molecular complexity index is 1110. The van der Waals surface area contributed by atoms with Crippen LogP contribution in [0.5, 0.6) is 0 Å². The van der Waals surface area contributed by atoms with Gasteiger partial charge < -0.3 is 0 Å². The molecule has 26 heavy (non-hydrogen) atoms. The first-order chi connectivity index (χ1) is 12.5. The maximum atomic E-state index is 12.4. The Morgan fingerprint density at radius 3 is 2.81 bits per heavy atom. The Morgan fingerprint density at radius 2 is 2.00 bits per heavy atom. The highest BCUT2D eigenvalue weighted by Crippen LogP contribution is 2.29. The molecule has 0 N–H and O–H groups in total. The molecule has 132 valence electrons. The number of pyridine rings is 1. The maximum absolute atomic E-state index is 12.4. The number of hydrogen-bond acceptors (Lipinski definition) is 5. The zero-order valence-corrected chi connectivity index (χ0v) is 15.8. The third-order valence-corrected chi connectivity index (χ3v) is 5.81. The molecule has 0 aliphatic heterocycles. The number of rotatable bonds is 4. The molecule has 0 aliphatic carbocycles. The van der Waals surface area contributed by atoms with Crippen molar-refractivity contribution in [2.75, 3.05) is 7.05 Å². The summed E-state index contributed by atoms with van der Waals surface area (Å²) < 4.78 is 2.79. The second-order valence-corrected chi connectivity index (χ2v) is 7.69. The summed E-state index contributed by atoms with van der Waals surface area (Å²) in [6, 6.07) is 13.8. The first-order valence-corrected chi connectivity index (χ1v) is 9.37. The van der Waals surface area contributed by atoms with Crippen LogP contribution in [0.25, 0.3) is 15.9 Å². The maximum Gasteiger partial charge on any atom is 0.258 e. The molecule has 4 rings (SSSR count). The number of para-hydroxylation sites is 1. The van der Waals surface area contributed by atoms with E-state index in [4.69, 9.17) is 4.98 Å². The summed E-state index contributed by atoms with van der Waals surface area (Å²) in [5, 5.41) is 1.07. The van der Waals surface area contributed by atoms with Crippen LogP contribution in [0.15, 0.2) is 53.5 Å². The lowest BCUT2D eigenvalue weighted by molar-refractivity contribution is 0.250. The van der Waals surface area contributed by atoms with Crippen molar-refractivity contribution in [1.82, 2.24) is 19.3 Å². The minimum atomic E-state index is -0.0465. The number of nitrogens with zero attached hydrogens (tertiary/aromatic N) is 4. The number of thiazole rings is 1. The number of benzene rings is 1. The van der Waals surface area contributed by atoms with Crippen LogP contribution in [-0.4, -0.2) is 26.3 Å². The van der Waals surface area contributed by atoms with Gasteiger partial charge in [0.25, 0.3) is 5.56 Å². The van der Waals surface area contributed by atoms with E-state index in [2.05, 4.69) is 22.9 Å². The van der Waals surface area contributed by atoms with Crippen LogP contribution in [0, 0.1) is 6.92 Å². The monoisotopic (exact) mass is 364 g/mol. The van der Waals surface area contributed by atoms with E-state index >= 15 is 0 Å². The van der Waals surface area contributed by atoms with Crippen molar-refractivity contribution >= 4 is 27.2 Å². The number of aromatic nitrogens is 3. The van der Waals surface area contributed by atoms with E-state index in [9.17, 15) is 4.79 Å². The number of hydrogen-bond donors (Lipinski definition) is 0. The van der Waals surface area contributed by atoms with Gasteiger partial charge in [-0.15, -0.1) is 11.3 Å². The van der Waals surface area contributed by atoms with Gasteiger partial charge in [0.2, 0.25) is 0 Å². The molecule has 0 spiro atoms. The van der Waals surface area contributed by atoms with Gasteiger partial charge in [-0.3, -0.25) is 14.1 Å². The predicted molar refractivity (Wildman–Crippen MR) is 106 cm³/mol. The third-order valence-electron chi connectivity index (χ3n) is 4.60. The summed E-state index contributed by atoms with van der Waals surface area (Å²) in [6.45, 7) is 4.69. The fourth-order valence-electron chi connectivity index (χ4n) is 2.99. The van der Waals surface area contributed by atoms with Crippen molar-refractivity contribution in [2.45, 2.75) is 26.4 Å². The normalized spacial score (nSPS) is 12.9. The van der Waals surface area contributed by atoms with E-state index < -0.39 is 0 Å². The fraction of sp³-hybridized carbons (Fsp3) is 0.250. The minimum Gasteiger partial charge on any atom is -0.291 e. The van der Waals surface area contributed by atoms with E-state index in [0.717, 1.165) is 21.8 Å². The van der Waals surface area contributed by atoms with Crippen LogP contribution in [0.2, 0.25) is 0 Å². The molecule has 5 nitrogen and oxygen atoms in total. The molecule has 3 aromatic heterocycles. The van der Waals surface area contributed by atoms with Gasteiger partial charge in [0.15, 0.2) is 0 Å². The topological polar surface area (TPSA) is 50.5 Å². The molecule has 0 fully saturated rings. The summed E-state index contributed by atoms with van der Waals surface area (Å²) in [6.07, 6.45) is 1.82. The molecule has 0 unspecified atom stereocenters. The van der Waals surface area contributed by atoms with E-state index in [1.807, 2.05) is 50.5 Å². The van der Waals surface area contributed by atoms with Gasteiger partial charge in [-0.25, -0.2) is 9.97 Å². The molecule has 0 amide bonds. The van der Waals surface area contributed by atoms with Gasteiger partial charge in [0, 0.05) is 18.8 Å². The number of fused-ring (bicyclic) bond motifs is 2. The average Bonchev–Trinajstić information content (AvgIpc) is 3.06. The van der Waals surface area contributed by atoms with Gasteiger partial charge in [-0.2, -0.15) is 0 Å². The van der Waals surface area contributed by atoms with Crippen LogP contribution in [0.1, 0.15) is 29.2 Å². The lowest BCUT2D eigenvalue weighted by atomic mass is 10.2. The van der Waals surface area contributed by atoms with Gasteiger partial charge >= 0.3 is 0 Å². The van der Waals surface area contributed by atoms with Crippen molar-refractivity contribution < 1.29 is 0 Å². The second kappa shape index (κ2) is 6.63. The molecule has 1 atom stereocenters. The molecule has 6 heteroatoms. The fourth-order valence-corrected chi connectivity index (χ4v) is 4.07. The molecule has 0 bridgehead atoms. The van der Waals surface area contributed by atoms with Crippen LogP contribution < -0.4 is 5.56 Å². The summed E-state index contributed by atoms with van der Waals surface area (Å²) in [4.78, 5) is 23.9. The first kappa shape index (κ1) is 16.9. The van der Waals surface area contributed by atoms with Crippen LogP contribution in [0.4, 0.5) is 0 Å². The molecular formula is C20H20N4OS. The minimum absolute atomic E-state index is 0.0465. The van der Waals surface area contributed by atoms with Crippen LogP contribution in [-0.2, 0) is 6.54 Å². The smallest absolute Gasteiger partial charge is 0.258 e. The average molecular weight is 364 g/mol. The highest BCUT2D eigenvalue weighted by atomic mass is 32.1. The largest absolute Gasteiger partial charge is 0.291 e. The van der Waals surface area contributed by atoms with E-state index in [1.165, 1.54) is 4.70 Å². The van der Waals surface area contributed by atoms with Crippen molar-refractivity contribution in [2.24, 2.45) is 0 Å². The van der Waals surface area contributed by atoms with Crippen molar-refractivity contribution in [3.8, 4) is 0 Å². The molecule has 3 heterocycles. The Labute approximate surface area is 155 Å². The lowest BCUT2D eigenvalue weighted by Crippen LogP contribution is -2.24. The van der Waals surface area contributed by atoms with Gasteiger partial charge in [0.05, 0.1) is 22.0 Å². The zero-order valence-electron chi connectivity index (χ0n) is 15.0. The molecule has 0 saturated carbocycles. The van der Waals surface area contributed by atoms with Crippen molar-refractivity contribution in [3.05, 3.63) is 75.3 Å². The molecule has 1 aromatic carbocycles. The van der Waals surface area contributed by atoms with Crippen molar-refractivity contribution in [3.63, 3.8) is 0 Å². The van der Waals surface area contributed by atoms with Crippen molar-refractivity contribution in [1.29, 1.82) is 0 Å². The quantitative estimate of drug-likeness (QED) is 0.553. The Morgan fingerprint density at radius 1 is 1.19 bits per heavy atom.